The zero-order valence-corrected chi connectivity index (χ0v) is 24.6. The van der Waals surface area contributed by atoms with Gasteiger partial charge in [0.2, 0.25) is 21.8 Å². The fourth-order valence-corrected chi connectivity index (χ4v) is 6.13. The van der Waals surface area contributed by atoms with Crippen molar-refractivity contribution in [2.24, 2.45) is 0 Å². The van der Waals surface area contributed by atoms with Crippen LogP contribution in [0.5, 0.6) is 0 Å². The maximum Gasteiger partial charge on any atom is 0.244 e. The number of amides is 2. The van der Waals surface area contributed by atoms with Crippen molar-refractivity contribution in [1.82, 2.24) is 10.2 Å². The normalized spacial score (nSPS) is 14.5. The Kier molecular flexibility index (Phi) is 10.1. The predicted molar refractivity (Wildman–Crippen MR) is 160 cm³/mol. The first-order chi connectivity index (χ1) is 19.1. The van der Waals surface area contributed by atoms with Gasteiger partial charge in [-0.2, -0.15) is 0 Å². The van der Waals surface area contributed by atoms with E-state index in [0.717, 1.165) is 41.8 Å². The molecule has 0 spiro atoms. The highest BCUT2D eigenvalue weighted by atomic mass is 35.5. The van der Waals surface area contributed by atoms with Gasteiger partial charge in [0.05, 0.1) is 22.0 Å². The number of anilines is 1. The van der Waals surface area contributed by atoms with Crippen LogP contribution in [0.2, 0.25) is 10.0 Å². The van der Waals surface area contributed by atoms with Gasteiger partial charge < -0.3 is 10.2 Å². The zero-order chi connectivity index (χ0) is 28.7. The SMILES string of the molecule is CS(=O)(=O)N(CC(=O)N(Cc1ccc(Cl)c(Cl)c1)[C@@H](Cc1ccccc1)C(=O)NC1CCCC1)c1ccccc1. The lowest BCUT2D eigenvalue weighted by molar-refractivity contribution is -0.140. The van der Waals surface area contributed by atoms with Crippen molar-refractivity contribution >= 4 is 50.7 Å². The van der Waals surface area contributed by atoms with Crippen LogP contribution in [0.4, 0.5) is 5.69 Å². The van der Waals surface area contributed by atoms with Crippen molar-refractivity contribution in [3.63, 3.8) is 0 Å². The molecule has 0 radical (unpaired) electrons. The summed E-state index contributed by atoms with van der Waals surface area (Å²) in [6, 6.07) is 22.1. The molecule has 0 aromatic heterocycles. The summed E-state index contributed by atoms with van der Waals surface area (Å²) in [4.78, 5) is 29.4. The van der Waals surface area contributed by atoms with E-state index in [-0.39, 0.29) is 24.9 Å². The monoisotopic (exact) mass is 601 g/mol. The van der Waals surface area contributed by atoms with Crippen LogP contribution in [0, 0.1) is 0 Å². The molecule has 0 aliphatic heterocycles. The van der Waals surface area contributed by atoms with Crippen molar-refractivity contribution in [1.29, 1.82) is 0 Å². The van der Waals surface area contributed by atoms with Crippen LogP contribution in [0.15, 0.2) is 78.9 Å². The smallest absolute Gasteiger partial charge is 0.244 e. The number of carbonyl (C=O) groups excluding carboxylic acids is 2. The number of nitrogens with zero attached hydrogens (tertiary/aromatic N) is 2. The molecule has 40 heavy (non-hydrogen) atoms. The number of rotatable bonds is 11. The third-order valence-electron chi connectivity index (χ3n) is 7.03. The number of halogens is 2. The molecule has 3 aromatic carbocycles. The minimum atomic E-state index is -3.81. The van der Waals surface area contributed by atoms with Crippen LogP contribution in [-0.4, -0.2) is 50.0 Å². The van der Waals surface area contributed by atoms with Gasteiger partial charge in [0, 0.05) is 19.0 Å². The molecule has 7 nitrogen and oxygen atoms in total. The Labute approximate surface area is 246 Å². The second kappa shape index (κ2) is 13.5. The van der Waals surface area contributed by atoms with E-state index in [1.807, 2.05) is 30.3 Å². The van der Waals surface area contributed by atoms with Crippen LogP contribution in [-0.2, 0) is 32.6 Å². The van der Waals surface area contributed by atoms with Crippen molar-refractivity contribution in [2.75, 3.05) is 17.1 Å². The highest BCUT2D eigenvalue weighted by Gasteiger charge is 2.34. The molecule has 1 saturated carbocycles. The molecule has 10 heteroatoms. The van der Waals surface area contributed by atoms with E-state index in [2.05, 4.69) is 5.32 Å². The fraction of sp³-hybridized carbons (Fsp3) is 0.333. The largest absolute Gasteiger partial charge is 0.352 e. The van der Waals surface area contributed by atoms with E-state index in [1.54, 1.807) is 48.5 Å². The van der Waals surface area contributed by atoms with Crippen molar-refractivity contribution in [3.05, 3.63) is 100 Å². The molecule has 0 unspecified atom stereocenters. The van der Waals surface area contributed by atoms with Crippen molar-refractivity contribution < 1.29 is 18.0 Å². The third-order valence-corrected chi connectivity index (χ3v) is 8.91. The van der Waals surface area contributed by atoms with Gasteiger partial charge in [-0.15, -0.1) is 0 Å². The van der Waals surface area contributed by atoms with E-state index in [1.165, 1.54) is 4.90 Å². The standard InChI is InChI=1S/C30H33Cl2N3O4S/c1-40(38,39)35(25-14-6-3-7-15-25)21-29(36)34(20-23-16-17-26(31)27(32)18-23)28(19-22-10-4-2-5-11-22)30(37)33-24-12-8-9-13-24/h2-7,10-11,14-18,24,28H,8-9,12-13,19-21H2,1H3,(H,33,37)/t28-/m0/s1. The quantitative estimate of drug-likeness (QED) is 0.316. The molecule has 1 N–H and O–H groups in total. The van der Waals surface area contributed by atoms with Gasteiger partial charge >= 0.3 is 0 Å². The van der Waals surface area contributed by atoms with E-state index in [4.69, 9.17) is 23.2 Å². The van der Waals surface area contributed by atoms with Crippen LogP contribution >= 0.6 is 23.2 Å². The minimum absolute atomic E-state index is 0.0394. The first-order valence-electron chi connectivity index (χ1n) is 13.2. The topological polar surface area (TPSA) is 86.8 Å². The zero-order valence-electron chi connectivity index (χ0n) is 22.3. The molecule has 4 rings (SSSR count). The number of benzene rings is 3. The predicted octanol–water partition coefficient (Wildman–Crippen LogP) is 5.46. The Bertz CT molecular complexity index is 1420. The van der Waals surface area contributed by atoms with E-state index in [9.17, 15) is 18.0 Å². The Morgan fingerprint density at radius 2 is 1.52 bits per heavy atom. The highest BCUT2D eigenvalue weighted by Crippen LogP contribution is 2.26. The lowest BCUT2D eigenvalue weighted by atomic mass is 10.0. The first kappa shape index (κ1) is 29.9. The Morgan fingerprint density at radius 1 is 0.900 bits per heavy atom. The van der Waals surface area contributed by atoms with E-state index < -0.39 is 28.5 Å². The van der Waals surface area contributed by atoms with Crippen LogP contribution in [0.25, 0.3) is 0 Å². The van der Waals surface area contributed by atoms with Crippen LogP contribution < -0.4 is 9.62 Å². The molecule has 1 aliphatic rings. The minimum Gasteiger partial charge on any atom is -0.352 e. The Morgan fingerprint density at radius 3 is 2.12 bits per heavy atom. The Balaban J connectivity index is 1.73. The number of hydrogen-bond donors (Lipinski definition) is 1. The second-order valence-corrected chi connectivity index (χ2v) is 12.8. The molecule has 0 bridgehead atoms. The summed E-state index contributed by atoms with van der Waals surface area (Å²) in [6.07, 6.45) is 5.18. The maximum atomic E-state index is 14.1. The number of para-hydroxylation sites is 1. The van der Waals surface area contributed by atoms with Gasteiger partial charge in [-0.05, 0) is 48.2 Å². The average molecular weight is 603 g/mol. The Hall–Kier alpha value is -3.07. The summed E-state index contributed by atoms with van der Waals surface area (Å²) >= 11 is 12.4. The molecule has 2 amide bonds. The number of nitrogens with one attached hydrogen (secondary N) is 1. The summed E-state index contributed by atoms with van der Waals surface area (Å²) in [7, 11) is -3.81. The van der Waals surface area contributed by atoms with E-state index in [0.29, 0.717) is 21.3 Å². The van der Waals surface area contributed by atoms with Gasteiger partial charge in [-0.3, -0.25) is 13.9 Å². The summed E-state index contributed by atoms with van der Waals surface area (Å²) in [6.45, 7) is -0.427. The average Bonchev–Trinajstić information content (AvgIpc) is 3.44. The molecule has 212 valence electrons. The van der Waals surface area contributed by atoms with Crippen LogP contribution in [0.1, 0.15) is 36.8 Å². The van der Waals surface area contributed by atoms with Crippen molar-refractivity contribution in [3.8, 4) is 0 Å². The maximum absolute atomic E-state index is 14.1. The second-order valence-electron chi connectivity index (χ2n) is 10.1. The summed E-state index contributed by atoms with van der Waals surface area (Å²) in [5.41, 5.74) is 1.91. The molecule has 0 heterocycles. The lowest BCUT2D eigenvalue weighted by Crippen LogP contribution is -2.54. The summed E-state index contributed by atoms with van der Waals surface area (Å²) < 4.78 is 26.7. The van der Waals surface area contributed by atoms with Gasteiger partial charge in [-0.25, -0.2) is 8.42 Å². The number of hydrogen-bond acceptors (Lipinski definition) is 4. The van der Waals surface area contributed by atoms with Crippen LogP contribution in [0.3, 0.4) is 0 Å². The number of carbonyl (C=O) groups is 2. The lowest BCUT2D eigenvalue weighted by Gasteiger charge is -2.34. The summed E-state index contributed by atoms with van der Waals surface area (Å²) in [5.74, 6) is -0.780. The van der Waals surface area contributed by atoms with Gasteiger partial charge in [-0.1, -0.05) is 90.6 Å². The fourth-order valence-electron chi connectivity index (χ4n) is 4.96. The molecular formula is C30H33Cl2N3O4S. The molecule has 1 fully saturated rings. The molecule has 1 aliphatic carbocycles. The van der Waals surface area contributed by atoms with Crippen molar-refractivity contribution in [2.45, 2.75) is 50.7 Å². The molecule has 1 atom stereocenters. The van der Waals surface area contributed by atoms with E-state index >= 15 is 0 Å². The van der Waals surface area contributed by atoms with Gasteiger partial charge in [0.15, 0.2) is 0 Å². The third kappa shape index (κ3) is 7.99. The molecule has 0 saturated heterocycles. The number of sulfonamides is 1. The molecular weight excluding hydrogens is 569 g/mol. The first-order valence-corrected chi connectivity index (χ1v) is 15.8. The highest BCUT2D eigenvalue weighted by molar-refractivity contribution is 7.92. The van der Waals surface area contributed by atoms with Gasteiger partial charge in [0.25, 0.3) is 0 Å². The summed E-state index contributed by atoms with van der Waals surface area (Å²) in [5, 5.41) is 3.84. The van der Waals surface area contributed by atoms with Gasteiger partial charge in [0.1, 0.15) is 12.6 Å². The molecule has 3 aromatic rings.